The molecule has 0 saturated heterocycles. The van der Waals surface area contributed by atoms with Gasteiger partial charge in [0.25, 0.3) is 10.1 Å². The number of nitrogens with one attached hydrogen (secondary N) is 1. The monoisotopic (exact) mass is 668 g/mol. The zero-order valence-corrected chi connectivity index (χ0v) is 30.8. The highest BCUT2D eigenvalue weighted by Crippen LogP contribution is 2.14. The summed E-state index contributed by atoms with van der Waals surface area (Å²) in [6.45, 7) is 4.50. The summed E-state index contributed by atoms with van der Waals surface area (Å²) in [6.07, 6.45) is 42.7. The molecule has 0 spiro atoms. The first-order valence-electron chi connectivity index (χ1n) is 19.2. The van der Waals surface area contributed by atoms with Gasteiger partial charge in [0.1, 0.15) is 0 Å². The van der Waals surface area contributed by atoms with Gasteiger partial charge in [0, 0.05) is 6.42 Å². The van der Waals surface area contributed by atoms with Gasteiger partial charge in [0.05, 0.1) is 17.9 Å². The highest BCUT2D eigenvalue weighted by Gasteiger charge is 2.24. The fraction of sp³-hybridized carbons (Fsp3) is 0.821. The Bertz CT molecular complexity index is 868. The number of hydrogen-bond donors (Lipinski definition) is 3. The van der Waals surface area contributed by atoms with Crippen LogP contribution >= 0.6 is 0 Å². The third-order valence-corrected chi connectivity index (χ3v) is 9.33. The van der Waals surface area contributed by atoms with Gasteiger partial charge in [-0.3, -0.25) is 9.35 Å². The van der Waals surface area contributed by atoms with Crippen LogP contribution in [0.1, 0.15) is 187 Å². The van der Waals surface area contributed by atoms with E-state index in [9.17, 15) is 22.9 Å². The average molecular weight is 668 g/mol. The first kappa shape index (κ1) is 44.6. The molecule has 0 bridgehead atoms. The molecule has 0 fully saturated rings. The van der Waals surface area contributed by atoms with Crippen LogP contribution in [0.25, 0.3) is 0 Å². The summed E-state index contributed by atoms with van der Waals surface area (Å²) in [5.41, 5.74) is 0. The molecule has 2 atom stereocenters. The smallest absolute Gasteiger partial charge is 0.267 e. The molecular weight excluding hydrogens is 594 g/mol. The van der Waals surface area contributed by atoms with E-state index in [4.69, 9.17) is 0 Å². The second-order valence-corrected chi connectivity index (χ2v) is 14.7. The van der Waals surface area contributed by atoms with Crippen molar-refractivity contribution in [1.82, 2.24) is 5.32 Å². The standard InChI is InChI=1S/C39H73NO5S/c1-3-5-7-9-11-13-15-17-19-21-23-25-27-29-31-33-35-39(42)40-37(36-46(43,44)45)38(41)34-32-30-28-26-24-22-20-18-16-14-12-10-8-6-4-2/h16,18,24,26,32,34,37-38,41H,3-15,17,19-23,25,27-31,33,35-36H2,1-2H3,(H,40,42)(H,43,44,45)/b18-16+,26-24+,34-32+. The number of unbranched alkanes of at least 4 members (excludes halogenated alkanes) is 22. The minimum Gasteiger partial charge on any atom is -0.387 e. The van der Waals surface area contributed by atoms with Crippen molar-refractivity contribution in [3.8, 4) is 0 Å². The number of amides is 1. The zero-order chi connectivity index (χ0) is 34.0. The lowest BCUT2D eigenvalue weighted by Crippen LogP contribution is -2.46. The Hall–Kier alpha value is -1.44. The summed E-state index contributed by atoms with van der Waals surface area (Å²) in [4.78, 5) is 12.5. The summed E-state index contributed by atoms with van der Waals surface area (Å²) < 4.78 is 32.4. The number of aliphatic hydroxyl groups is 1. The third kappa shape index (κ3) is 33.9. The molecule has 0 heterocycles. The molecule has 0 radical (unpaired) electrons. The SMILES string of the molecule is CCCCCCC/C=C/CC/C=C/CC/C=C/C(O)C(CS(=O)(=O)O)NC(=O)CCCCCCCCCCCCCCCCCC. The van der Waals surface area contributed by atoms with E-state index >= 15 is 0 Å². The maximum atomic E-state index is 12.5. The summed E-state index contributed by atoms with van der Waals surface area (Å²) in [5.74, 6) is -1.00. The molecule has 0 rings (SSSR count). The highest BCUT2D eigenvalue weighted by molar-refractivity contribution is 7.85. The van der Waals surface area contributed by atoms with E-state index in [1.807, 2.05) is 0 Å². The Kier molecular flexibility index (Phi) is 32.4. The molecule has 7 heteroatoms. The Morgan fingerprint density at radius 3 is 1.37 bits per heavy atom. The van der Waals surface area contributed by atoms with Gasteiger partial charge in [-0.25, -0.2) is 0 Å². The van der Waals surface area contributed by atoms with Crippen LogP contribution in [0.15, 0.2) is 36.5 Å². The number of rotatable bonds is 34. The van der Waals surface area contributed by atoms with Crippen molar-refractivity contribution >= 4 is 16.0 Å². The molecule has 3 N–H and O–H groups in total. The molecule has 0 aliphatic carbocycles. The molecule has 6 nitrogen and oxygen atoms in total. The van der Waals surface area contributed by atoms with Crippen LogP contribution < -0.4 is 5.32 Å². The Morgan fingerprint density at radius 2 is 0.935 bits per heavy atom. The van der Waals surface area contributed by atoms with Crippen molar-refractivity contribution in [2.45, 2.75) is 199 Å². The molecule has 0 aliphatic heterocycles. The Balaban J connectivity index is 4.02. The van der Waals surface area contributed by atoms with Crippen LogP contribution in [-0.2, 0) is 14.9 Å². The van der Waals surface area contributed by atoms with Crippen LogP contribution in [0.5, 0.6) is 0 Å². The molecule has 2 unspecified atom stereocenters. The predicted molar refractivity (Wildman–Crippen MR) is 198 cm³/mol. The highest BCUT2D eigenvalue weighted by atomic mass is 32.2. The number of aliphatic hydroxyl groups excluding tert-OH is 1. The van der Waals surface area contributed by atoms with E-state index in [-0.39, 0.29) is 12.3 Å². The predicted octanol–water partition coefficient (Wildman–Crippen LogP) is 11.0. The lowest BCUT2D eigenvalue weighted by Gasteiger charge is -2.21. The molecule has 0 aromatic rings. The van der Waals surface area contributed by atoms with Gasteiger partial charge in [0.2, 0.25) is 5.91 Å². The number of hydrogen-bond acceptors (Lipinski definition) is 4. The minimum absolute atomic E-state index is 0.287. The average Bonchev–Trinajstić information content (AvgIpc) is 3.01. The van der Waals surface area contributed by atoms with Crippen molar-refractivity contribution in [2.24, 2.45) is 0 Å². The minimum atomic E-state index is -4.35. The summed E-state index contributed by atoms with van der Waals surface area (Å²) in [5, 5.41) is 13.2. The van der Waals surface area contributed by atoms with Crippen LogP contribution in [0, 0.1) is 0 Å². The van der Waals surface area contributed by atoms with Crippen LogP contribution in [-0.4, -0.2) is 41.9 Å². The molecule has 1 amide bonds. The third-order valence-electron chi connectivity index (χ3n) is 8.55. The van der Waals surface area contributed by atoms with Gasteiger partial charge < -0.3 is 10.4 Å². The quantitative estimate of drug-likeness (QED) is 0.0360. The molecule has 0 aliphatic rings. The van der Waals surface area contributed by atoms with Crippen molar-refractivity contribution < 1.29 is 22.9 Å². The number of allylic oxidation sites excluding steroid dienone is 5. The van der Waals surface area contributed by atoms with Crippen molar-refractivity contribution in [1.29, 1.82) is 0 Å². The Labute approximate surface area is 285 Å². The van der Waals surface area contributed by atoms with E-state index in [2.05, 4.69) is 43.5 Å². The largest absolute Gasteiger partial charge is 0.387 e. The van der Waals surface area contributed by atoms with Crippen LogP contribution in [0.2, 0.25) is 0 Å². The van der Waals surface area contributed by atoms with E-state index in [0.29, 0.717) is 6.42 Å². The zero-order valence-electron chi connectivity index (χ0n) is 29.9. The maximum absolute atomic E-state index is 12.5. The lowest BCUT2D eigenvalue weighted by molar-refractivity contribution is -0.122. The fourth-order valence-corrected chi connectivity index (χ4v) is 6.39. The van der Waals surface area contributed by atoms with Gasteiger partial charge in [-0.2, -0.15) is 8.42 Å². The first-order valence-corrected chi connectivity index (χ1v) is 20.8. The lowest BCUT2D eigenvalue weighted by atomic mass is 10.0. The van der Waals surface area contributed by atoms with Crippen molar-refractivity contribution in [3.63, 3.8) is 0 Å². The fourth-order valence-electron chi connectivity index (χ4n) is 5.66. The molecule has 0 saturated carbocycles. The summed E-state index contributed by atoms with van der Waals surface area (Å²) in [6, 6.07) is -1.08. The van der Waals surface area contributed by atoms with E-state index in [0.717, 1.165) is 38.5 Å². The van der Waals surface area contributed by atoms with Crippen molar-refractivity contribution in [3.05, 3.63) is 36.5 Å². The van der Waals surface area contributed by atoms with Gasteiger partial charge in [-0.15, -0.1) is 0 Å². The van der Waals surface area contributed by atoms with Gasteiger partial charge >= 0.3 is 0 Å². The van der Waals surface area contributed by atoms with Gasteiger partial charge in [-0.1, -0.05) is 172 Å². The number of carbonyl (C=O) groups is 1. The van der Waals surface area contributed by atoms with Crippen molar-refractivity contribution in [2.75, 3.05) is 5.75 Å². The molecule has 0 aromatic heterocycles. The Morgan fingerprint density at radius 1 is 0.565 bits per heavy atom. The van der Waals surface area contributed by atoms with Crippen LogP contribution in [0.4, 0.5) is 0 Å². The topological polar surface area (TPSA) is 104 Å². The van der Waals surface area contributed by atoms with E-state index in [1.165, 1.54) is 128 Å². The van der Waals surface area contributed by atoms with Gasteiger partial charge in [0.15, 0.2) is 0 Å². The second-order valence-electron chi connectivity index (χ2n) is 13.2. The molecule has 46 heavy (non-hydrogen) atoms. The van der Waals surface area contributed by atoms with E-state index < -0.39 is 28.0 Å². The van der Waals surface area contributed by atoms with Gasteiger partial charge in [-0.05, 0) is 44.9 Å². The van der Waals surface area contributed by atoms with E-state index in [1.54, 1.807) is 6.08 Å². The molecular formula is C39H73NO5S. The normalized spacial score (nSPS) is 13.7. The number of carbonyl (C=O) groups excluding carboxylic acids is 1. The summed E-state index contributed by atoms with van der Waals surface area (Å²) in [7, 11) is -4.35. The second kappa shape index (κ2) is 33.5. The molecule has 0 aromatic carbocycles. The summed E-state index contributed by atoms with van der Waals surface area (Å²) >= 11 is 0. The van der Waals surface area contributed by atoms with Crippen LogP contribution in [0.3, 0.4) is 0 Å². The molecule has 270 valence electrons. The maximum Gasteiger partial charge on any atom is 0.267 e. The first-order chi connectivity index (χ1) is 22.3.